The summed E-state index contributed by atoms with van der Waals surface area (Å²) in [5.74, 6) is -0.959. The highest BCUT2D eigenvalue weighted by Crippen LogP contribution is 2.27. The van der Waals surface area contributed by atoms with E-state index in [2.05, 4.69) is 5.32 Å². The van der Waals surface area contributed by atoms with Crippen LogP contribution in [0.3, 0.4) is 0 Å². The molecule has 2 aromatic rings. The van der Waals surface area contributed by atoms with E-state index < -0.39 is 17.7 Å². The predicted octanol–water partition coefficient (Wildman–Crippen LogP) is 3.67. The van der Waals surface area contributed by atoms with Gasteiger partial charge in [0.2, 0.25) is 0 Å². The lowest BCUT2D eigenvalue weighted by Gasteiger charge is -2.19. The van der Waals surface area contributed by atoms with Crippen molar-refractivity contribution in [2.24, 2.45) is 0 Å². The molecule has 0 aromatic heterocycles. The zero-order valence-corrected chi connectivity index (χ0v) is 11.5. The molecule has 0 radical (unpaired) electrons. The largest absolute Gasteiger partial charge is 0.494 e. The van der Waals surface area contributed by atoms with Crippen molar-refractivity contribution in [2.75, 3.05) is 13.7 Å². The number of nitrogens with one attached hydrogen (secondary N) is 1. The van der Waals surface area contributed by atoms with Gasteiger partial charge in [-0.3, -0.25) is 0 Å². The van der Waals surface area contributed by atoms with Crippen molar-refractivity contribution in [3.8, 4) is 5.75 Å². The molecule has 0 heterocycles. The Kier molecular flexibility index (Phi) is 4.69. The Balaban J connectivity index is 2.41. The lowest BCUT2D eigenvalue weighted by molar-refractivity contribution is 0.339. The Morgan fingerprint density at radius 3 is 2.60 bits per heavy atom. The van der Waals surface area contributed by atoms with Gasteiger partial charge < -0.3 is 10.1 Å². The quantitative estimate of drug-likeness (QED) is 0.900. The normalized spacial score (nSPS) is 12.2. The molecule has 0 saturated heterocycles. The van der Waals surface area contributed by atoms with Gasteiger partial charge >= 0.3 is 0 Å². The van der Waals surface area contributed by atoms with Crippen LogP contribution in [0.2, 0.25) is 0 Å². The van der Waals surface area contributed by atoms with Crippen molar-refractivity contribution in [1.29, 1.82) is 0 Å². The van der Waals surface area contributed by atoms with Crippen molar-refractivity contribution < 1.29 is 13.5 Å². The molecule has 1 atom stereocenters. The maximum Gasteiger partial charge on any atom is 0.163 e. The van der Waals surface area contributed by atoms with Gasteiger partial charge in [-0.25, -0.2) is 8.78 Å². The molecular formula is C16H17F2NO. The van der Waals surface area contributed by atoms with Gasteiger partial charge in [0, 0.05) is 5.56 Å². The molecule has 0 aliphatic heterocycles. The average Bonchev–Trinajstić information content (AvgIpc) is 2.45. The van der Waals surface area contributed by atoms with Crippen molar-refractivity contribution in [2.45, 2.75) is 13.0 Å². The first-order valence-corrected chi connectivity index (χ1v) is 6.51. The van der Waals surface area contributed by atoms with Gasteiger partial charge in [0.25, 0.3) is 0 Å². The molecule has 0 saturated carbocycles. The summed E-state index contributed by atoms with van der Waals surface area (Å²) in [4.78, 5) is 0. The molecule has 4 heteroatoms. The van der Waals surface area contributed by atoms with E-state index in [0.717, 1.165) is 11.6 Å². The zero-order valence-electron chi connectivity index (χ0n) is 11.5. The summed E-state index contributed by atoms with van der Waals surface area (Å²) < 4.78 is 32.7. The minimum absolute atomic E-state index is 0.279. The van der Waals surface area contributed by atoms with Crippen LogP contribution in [0, 0.1) is 11.6 Å². The molecule has 2 nitrogen and oxygen atoms in total. The molecule has 106 valence electrons. The van der Waals surface area contributed by atoms with E-state index in [0.29, 0.717) is 12.4 Å². The molecule has 0 bridgehead atoms. The molecule has 2 rings (SSSR count). The van der Waals surface area contributed by atoms with Crippen LogP contribution in [-0.4, -0.2) is 13.7 Å². The van der Waals surface area contributed by atoms with Crippen LogP contribution >= 0.6 is 0 Å². The number of hydrogen-bond donors (Lipinski definition) is 1. The second-order valence-corrected chi connectivity index (χ2v) is 4.37. The summed E-state index contributed by atoms with van der Waals surface area (Å²) in [5, 5.41) is 3.01. The fourth-order valence-electron chi connectivity index (χ4n) is 2.20. The molecule has 20 heavy (non-hydrogen) atoms. The predicted molar refractivity (Wildman–Crippen MR) is 74.9 cm³/mol. The second-order valence-electron chi connectivity index (χ2n) is 4.37. The first-order valence-electron chi connectivity index (χ1n) is 6.51. The Morgan fingerprint density at radius 1 is 1.15 bits per heavy atom. The minimum Gasteiger partial charge on any atom is -0.494 e. The highest BCUT2D eigenvalue weighted by atomic mass is 19.2. The van der Waals surface area contributed by atoms with E-state index in [-0.39, 0.29) is 5.56 Å². The topological polar surface area (TPSA) is 21.3 Å². The van der Waals surface area contributed by atoms with E-state index in [4.69, 9.17) is 4.74 Å². The maximum absolute atomic E-state index is 13.9. The average molecular weight is 277 g/mol. The smallest absolute Gasteiger partial charge is 0.163 e. The van der Waals surface area contributed by atoms with Gasteiger partial charge in [-0.15, -0.1) is 0 Å². The third-order valence-electron chi connectivity index (χ3n) is 3.08. The Bertz CT molecular complexity index is 586. The summed E-state index contributed by atoms with van der Waals surface area (Å²) >= 11 is 0. The van der Waals surface area contributed by atoms with Crippen LogP contribution in [0.15, 0.2) is 42.5 Å². The Labute approximate surface area is 117 Å². The van der Waals surface area contributed by atoms with E-state index in [1.807, 2.05) is 31.2 Å². The Morgan fingerprint density at radius 2 is 1.90 bits per heavy atom. The summed E-state index contributed by atoms with van der Waals surface area (Å²) in [6.45, 7) is 2.45. The van der Waals surface area contributed by atoms with Crippen molar-refractivity contribution in [1.82, 2.24) is 5.32 Å². The number of ether oxygens (including phenoxy) is 1. The summed E-state index contributed by atoms with van der Waals surface area (Å²) in [6, 6.07) is 11.1. The standard InChI is InChI=1S/C16H17F2NO/c1-3-20-12-7-4-6-11(10-12)16(19-2)13-8-5-9-14(17)15(13)18/h4-10,16,19H,3H2,1-2H3. The summed E-state index contributed by atoms with van der Waals surface area (Å²) in [6.07, 6.45) is 0. The molecule has 1 N–H and O–H groups in total. The van der Waals surface area contributed by atoms with Crippen LogP contribution in [0.4, 0.5) is 8.78 Å². The fraction of sp³-hybridized carbons (Fsp3) is 0.250. The van der Waals surface area contributed by atoms with Gasteiger partial charge in [0.05, 0.1) is 12.6 Å². The van der Waals surface area contributed by atoms with Gasteiger partial charge in [-0.2, -0.15) is 0 Å². The lowest BCUT2D eigenvalue weighted by atomic mass is 9.98. The van der Waals surface area contributed by atoms with Crippen LogP contribution in [0.25, 0.3) is 0 Å². The second kappa shape index (κ2) is 6.48. The number of hydrogen-bond acceptors (Lipinski definition) is 2. The van der Waals surface area contributed by atoms with E-state index in [1.165, 1.54) is 6.07 Å². The fourth-order valence-corrected chi connectivity index (χ4v) is 2.20. The maximum atomic E-state index is 13.9. The zero-order chi connectivity index (χ0) is 14.5. The van der Waals surface area contributed by atoms with Crippen molar-refractivity contribution in [3.05, 3.63) is 65.2 Å². The number of benzene rings is 2. The van der Waals surface area contributed by atoms with Crippen molar-refractivity contribution in [3.63, 3.8) is 0 Å². The van der Waals surface area contributed by atoms with Crippen LogP contribution in [0.1, 0.15) is 24.1 Å². The molecule has 0 amide bonds. The summed E-state index contributed by atoms with van der Waals surface area (Å²) in [5.41, 5.74) is 1.10. The molecular weight excluding hydrogens is 260 g/mol. The minimum atomic E-state index is -0.844. The summed E-state index contributed by atoms with van der Waals surface area (Å²) in [7, 11) is 1.71. The van der Waals surface area contributed by atoms with Crippen molar-refractivity contribution >= 4 is 0 Å². The van der Waals surface area contributed by atoms with Crippen LogP contribution in [-0.2, 0) is 0 Å². The molecule has 1 unspecified atom stereocenters. The van der Waals surface area contributed by atoms with Crippen LogP contribution in [0.5, 0.6) is 5.75 Å². The van der Waals surface area contributed by atoms with E-state index >= 15 is 0 Å². The molecule has 0 fully saturated rings. The van der Waals surface area contributed by atoms with E-state index in [9.17, 15) is 8.78 Å². The first kappa shape index (κ1) is 14.5. The monoisotopic (exact) mass is 277 g/mol. The molecule has 2 aromatic carbocycles. The number of rotatable bonds is 5. The highest BCUT2D eigenvalue weighted by molar-refractivity contribution is 5.37. The lowest BCUT2D eigenvalue weighted by Crippen LogP contribution is -2.19. The molecule has 0 aliphatic carbocycles. The third kappa shape index (κ3) is 2.96. The van der Waals surface area contributed by atoms with Gasteiger partial charge in [-0.1, -0.05) is 24.3 Å². The SMILES string of the molecule is CCOc1cccc(C(NC)c2cccc(F)c2F)c1. The number of halogens is 2. The van der Waals surface area contributed by atoms with Crippen LogP contribution < -0.4 is 10.1 Å². The molecule has 0 spiro atoms. The van der Waals surface area contributed by atoms with Gasteiger partial charge in [0.15, 0.2) is 11.6 Å². The first-order chi connectivity index (χ1) is 9.67. The highest BCUT2D eigenvalue weighted by Gasteiger charge is 2.18. The van der Waals surface area contributed by atoms with E-state index in [1.54, 1.807) is 13.1 Å². The van der Waals surface area contributed by atoms with Gasteiger partial charge in [0.1, 0.15) is 5.75 Å². The Hall–Kier alpha value is -1.94. The third-order valence-corrected chi connectivity index (χ3v) is 3.08. The molecule has 0 aliphatic rings. The van der Waals surface area contributed by atoms with Gasteiger partial charge in [-0.05, 0) is 37.7 Å².